The molecule has 0 aromatic heterocycles. The zero-order valence-electron chi connectivity index (χ0n) is 10.1. The number of hydrogen-bond donors (Lipinski definition) is 2. The number of ether oxygens (including phenoxy) is 1. The van der Waals surface area contributed by atoms with Crippen LogP contribution in [0.1, 0.15) is 18.1 Å². The normalized spacial score (nSPS) is 14.5. The summed E-state index contributed by atoms with van der Waals surface area (Å²) in [6.07, 6.45) is 1.04. The Morgan fingerprint density at radius 2 is 2.28 bits per heavy atom. The van der Waals surface area contributed by atoms with Gasteiger partial charge in [0.25, 0.3) is 0 Å². The molecule has 0 bridgehead atoms. The van der Waals surface area contributed by atoms with Gasteiger partial charge in [-0.05, 0) is 24.1 Å². The number of fused-ring (bicyclic) bond motifs is 1. The van der Waals surface area contributed by atoms with Crippen LogP contribution in [-0.4, -0.2) is 29.6 Å². The Morgan fingerprint density at radius 1 is 1.50 bits per heavy atom. The maximum atomic E-state index is 11.6. The lowest BCUT2D eigenvalue weighted by atomic mass is 10.1. The molecular formula is C13H15NO4. The number of amides is 1. The highest BCUT2D eigenvalue weighted by Crippen LogP contribution is 2.25. The summed E-state index contributed by atoms with van der Waals surface area (Å²) in [4.78, 5) is 22.2. The van der Waals surface area contributed by atoms with Crippen molar-refractivity contribution < 1.29 is 19.4 Å². The molecule has 0 radical (unpaired) electrons. The largest absolute Gasteiger partial charge is 0.493 e. The quantitative estimate of drug-likeness (QED) is 0.825. The van der Waals surface area contributed by atoms with Crippen LogP contribution in [0.2, 0.25) is 0 Å². The average molecular weight is 249 g/mol. The van der Waals surface area contributed by atoms with Crippen LogP contribution in [0.15, 0.2) is 18.2 Å². The first-order valence-electron chi connectivity index (χ1n) is 5.83. The van der Waals surface area contributed by atoms with Crippen LogP contribution in [0.5, 0.6) is 5.75 Å². The maximum Gasteiger partial charge on any atom is 0.325 e. The number of carbonyl (C=O) groups is 2. The van der Waals surface area contributed by atoms with Gasteiger partial charge >= 0.3 is 5.97 Å². The molecule has 2 N–H and O–H groups in total. The third-order valence-corrected chi connectivity index (χ3v) is 2.87. The maximum absolute atomic E-state index is 11.6. The zero-order chi connectivity index (χ0) is 13.1. The highest BCUT2D eigenvalue weighted by Gasteiger charge is 2.16. The molecular weight excluding hydrogens is 234 g/mol. The second-order valence-corrected chi connectivity index (χ2v) is 4.34. The summed E-state index contributed by atoms with van der Waals surface area (Å²) < 4.78 is 5.38. The summed E-state index contributed by atoms with van der Waals surface area (Å²) in [5.74, 6) is -0.451. The number of benzene rings is 1. The predicted octanol–water partition coefficient (Wildman–Crippen LogP) is 0.753. The molecule has 0 saturated carbocycles. The highest BCUT2D eigenvalue weighted by atomic mass is 16.5. The van der Waals surface area contributed by atoms with E-state index in [2.05, 4.69) is 5.32 Å². The molecule has 1 atom stereocenters. The number of carboxylic acid groups (broad SMARTS) is 1. The number of carboxylic acids is 1. The minimum atomic E-state index is -1.04. The molecule has 1 heterocycles. The molecule has 18 heavy (non-hydrogen) atoms. The SMILES string of the molecule is C[C@@H](NC(=O)Cc1ccc2c(c1)CCO2)C(=O)O. The topological polar surface area (TPSA) is 75.6 Å². The van der Waals surface area contributed by atoms with Gasteiger partial charge in [0.05, 0.1) is 13.0 Å². The van der Waals surface area contributed by atoms with E-state index < -0.39 is 12.0 Å². The molecule has 1 aliphatic rings. The number of nitrogens with one attached hydrogen (secondary N) is 1. The van der Waals surface area contributed by atoms with Crippen LogP contribution in [0.25, 0.3) is 0 Å². The number of rotatable bonds is 4. The van der Waals surface area contributed by atoms with Crippen LogP contribution in [0, 0.1) is 0 Å². The molecule has 5 heteroatoms. The monoisotopic (exact) mass is 249 g/mol. The highest BCUT2D eigenvalue weighted by molar-refractivity contribution is 5.84. The number of carbonyl (C=O) groups excluding carboxylic acids is 1. The molecule has 96 valence electrons. The fraction of sp³-hybridized carbons (Fsp3) is 0.385. The lowest BCUT2D eigenvalue weighted by molar-refractivity contribution is -0.141. The van der Waals surface area contributed by atoms with Gasteiger partial charge in [-0.1, -0.05) is 12.1 Å². The van der Waals surface area contributed by atoms with E-state index in [4.69, 9.17) is 9.84 Å². The smallest absolute Gasteiger partial charge is 0.325 e. The van der Waals surface area contributed by atoms with Gasteiger partial charge in [0.1, 0.15) is 11.8 Å². The van der Waals surface area contributed by atoms with E-state index in [9.17, 15) is 9.59 Å². The molecule has 0 unspecified atom stereocenters. The van der Waals surface area contributed by atoms with E-state index in [-0.39, 0.29) is 12.3 Å². The molecule has 1 amide bonds. The van der Waals surface area contributed by atoms with Gasteiger partial charge in [0.2, 0.25) is 5.91 Å². The fourth-order valence-corrected chi connectivity index (χ4v) is 1.89. The lowest BCUT2D eigenvalue weighted by Gasteiger charge is -2.09. The van der Waals surface area contributed by atoms with Gasteiger partial charge < -0.3 is 15.2 Å². The van der Waals surface area contributed by atoms with Crippen molar-refractivity contribution in [2.24, 2.45) is 0 Å². The van der Waals surface area contributed by atoms with Crippen LogP contribution < -0.4 is 10.1 Å². The summed E-state index contributed by atoms with van der Waals surface area (Å²) >= 11 is 0. The Kier molecular flexibility index (Phi) is 3.50. The third kappa shape index (κ3) is 2.80. The van der Waals surface area contributed by atoms with E-state index in [0.717, 1.165) is 23.3 Å². The van der Waals surface area contributed by atoms with E-state index in [1.54, 1.807) is 0 Å². The molecule has 0 saturated heterocycles. The van der Waals surface area contributed by atoms with Crippen molar-refractivity contribution in [3.8, 4) is 5.75 Å². The molecule has 0 fully saturated rings. The molecule has 1 aliphatic heterocycles. The standard InChI is InChI=1S/C13H15NO4/c1-8(13(16)17)14-12(15)7-9-2-3-11-10(6-9)4-5-18-11/h2-3,6,8H,4-5,7H2,1H3,(H,14,15)(H,16,17)/t8-/m1/s1. The molecule has 5 nitrogen and oxygen atoms in total. The Bertz CT molecular complexity index is 484. The van der Waals surface area contributed by atoms with Crippen molar-refractivity contribution in [2.75, 3.05) is 6.61 Å². The Balaban J connectivity index is 1.97. The van der Waals surface area contributed by atoms with Gasteiger partial charge in [-0.25, -0.2) is 0 Å². The van der Waals surface area contributed by atoms with Gasteiger partial charge in [-0.2, -0.15) is 0 Å². The van der Waals surface area contributed by atoms with Gasteiger partial charge in [-0.3, -0.25) is 9.59 Å². The lowest BCUT2D eigenvalue weighted by Crippen LogP contribution is -2.39. The summed E-state index contributed by atoms with van der Waals surface area (Å²) in [5.41, 5.74) is 1.97. The molecule has 0 aliphatic carbocycles. The van der Waals surface area contributed by atoms with Gasteiger partial charge in [0.15, 0.2) is 0 Å². The zero-order valence-corrected chi connectivity index (χ0v) is 10.1. The first kappa shape index (κ1) is 12.4. The summed E-state index contributed by atoms with van der Waals surface area (Å²) in [7, 11) is 0. The second-order valence-electron chi connectivity index (χ2n) is 4.34. The summed E-state index contributed by atoms with van der Waals surface area (Å²) in [5, 5.41) is 11.1. The van der Waals surface area contributed by atoms with Crippen molar-refractivity contribution in [2.45, 2.75) is 25.8 Å². The molecule has 1 aromatic carbocycles. The Hall–Kier alpha value is -2.04. The first-order valence-corrected chi connectivity index (χ1v) is 5.83. The third-order valence-electron chi connectivity index (χ3n) is 2.87. The van der Waals surface area contributed by atoms with Crippen molar-refractivity contribution in [1.29, 1.82) is 0 Å². The van der Waals surface area contributed by atoms with Crippen LogP contribution in [0.3, 0.4) is 0 Å². The predicted molar refractivity (Wildman–Crippen MR) is 64.6 cm³/mol. The van der Waals surface area contributed by atoms with Crippen molar-refractivity contribution >= 4 is 11.9 Å². The molecule has 2 rings (SSSR count). The van der Waals surface area contributed by atoms with E-state index in [1.807, 2.05) is 18.2 Å². The molecule has 0 spiro atoms. The fourth-order valence-electron chi connectivity index (χ4n) is 1.89. The van der Waals surface area contributed by atoms with Crippen molar-refractivity contribution in [1.82, 2.24) is 5.32 Å². The Morgan fingerprint density at radius 3 is 3.00 bits per heavy atom. The van der Waals surface area contributed by atoms with Crippen LogP contribution in [-0.2, 0) is 22.4 Å². The van der Waals surface area contributed by atoms with Gasteiger partial charge in [0, 0.05) is 6.42 Å². The first-order chi connectivity index (χ1) is 8.56. The van der Waals surface area contributed by atoms with Crippen molar-refractivity contribution in [3.05, 3.63) is 29.3 Å². The number of aliphatic carboxylic acids is 1. The minimum absolute atomic E-state index is 0.185. The summed E-state index contributed by atoms with van der Waals surface area (Å²) in [6.45, 7) is 2.12. The summed E-state index contributed by atoms with van der Waals surface area (Å²) in [6, 6.07) is 4.75. The van der Waals surface area contributed by atoms with E-state index in [1.165, 1.54) is 6.92 Å². The average Bonchev–Trinajstić information content (AvgIpc) is 2.75. The number of hydrogen-bond acceptors (Lipinski definition) is 3. The van der Waals surface area contributed by atoms with Crippen molar-refractivity contribution in [3.63, 3.8) is 0 Å². The minimum Gasteiger partial charge on any atom is -0.493 e. The van der Waals surface area contributed by atoms with Crippen LogP contribution in [0.4, 0.5) is 0 Å². The van der Waals surface area contributed by atoms with Gasteiger partial charge in [-0.15, -0.1) is 0 Å². The van der Waals surface area contributed by atoms with E-state index in [0.29, 0.717) is 6.61 Å². The second kappa shape index (κ2) is 5.08. The molecule has 1 aromatic rings. The Labute approximate surface area is 105 Å². The van der Waals surface area contributed by atoms with Crippen LogP contribution >= 0.6 is 0 Å². The van der Waals surface area contributed by atoms with E-state index >= 15 is 0 Å².